The summed E-state index contributed by atoms with van der Waals surface area (Å²) in [4.78, 5) is 18.9. The second-order valence-corrected chi connectivity index (χ2v) is 2.03. The number of aliphatic hydroxyl groups is 2. The Morgan fingerprint density at radius 3 is 1.07 bits per heavy atom. The summed E-state index contributed by atoms with van der Waals surface area (Å²) in [5.41, 5.74) is 0. The summed E-state index contributed by atoms with van der Waals surface area (Å²) in [6.45, 7) is 2.39. The Bertz CT molecular complexity index is 151. The minimum atomic E-state index is -1.23. The van der Waals surface area contributed by atoms with Gasteiger partial charge in [-0.05, 0) is 13.8 Å². The molecular weight excluding hydrogens is 274 g/mol. The molecule has 0 aliphatic carbocycles. The van der Waals surface area contributed by atoms with Crippen molar-refractivity contribution in [2.75, 3.05) is 0 Å². The molecule has 0 aromatic rings. The van der Waals surface area contributed by atoms with E-state index in [1.165, 1.54) is 13.8 Å². The van der Waals surface area contributed by atoms with Gasteiger partial charge in [0.1, 0.15) is 12.2 Å². The van der Waals surface area contributed by atoms with Gasteiger partial charge in [-0.25, -0.2) is 9.59 Å². The van der Waals surface area contributed by atoms with Crippen LogP contribution in [0.1, 0.15) is 16.7 Å². The monoisotopic (exact) mass is 286 g/mol. The van der Waals surface area contributed by atoms with Crippen molar-refractivity contribution in [2.45, 2.75) is 26.1 Å². The predicted octanol–water partition coefficient (Wildman–Crippen LogP) is -1.25. The molecule has 0 aliphatic rings. The van der Waals surface area contributed by atoms with Gasteiger partial charge in [0, 0.05) is 19.5 Å². The second kappa shape index (κ2) is 13.7. The quantitative estimate of drug-likeness (QED) is 0.472. The number of aliphatic hydroxyl groups excluding tert-OH is 2. The molecule has 0 aromatic carbocycles. The fourth-order valence-corrected chi connectivity index (χ4v) is 0. The molecule has 0 bridgehead atoms. The first-order valence-corrected chi connectivity index (χ1v) is 3.10. The van der Waals surface area contributed by atoms with Crippen molar-refractivity contribution in [3.05, 3.63) is 0 Å². The molecule has 6 nitrogen and oxygen atoms in total. The van der Waals surface area contributed by atoms with Gasteiger partial charge in [-0.2, -0.15) is 0 Å². The van der Waals surface area contributed by atoms with Crippen LogP contribution >= 0.6 is 0 Å². The van der Waals surface area contributed by atoms with Crippen molar-refractivity contribution in [3.63, 3.8) is 0 Å². The molecule has 0 heterocycles. The van der Waals surface area contributed by atoms with E-state index in [9.17, 15) is 9.59 Å². The molecule has 0 aromatic heterocycles. The van der Waals surface area contributed by atoms with Crippen molar-refractivity contribution in [2.24, 2.45) is 0 Å². The van der Waals surface area contributed by atoms with Gasteiger partial charge in [-0.3, -0.25) is 0 Å². The second-order valence-electron chi connectivity index (χ2n) is 2.03. The fourth-order valence-electron chi connectivity index (χ4n) is 0. The van der Waals surface area contributed by atoms with Crippen molar-refractivity contribution < 1.29 is 52.3 Å². The van der Waals surface area contributed by atoms with Crippen LogP contribution in [0.25, 0.3) is 0 Å². The summed E-state index contributed by atoms with van der Waals surface area (Å²) < 4.78 is 0. The Morgan fingerprint density at radius 1 is 1.00 bits per heavy atom. The average molecular weight is 288 g/mol. The van der Waals surface area contributed by atoms with Crippen LogP contribution in [0, 0.1) is 0 Å². The zero-order valence-corrected chi connectivity index (χ0v) is 13.3. The van der Waals surface area contributed by atoms with Crippen LogP contribution in [-0.4, -0.2) is 82.3 Å². The smallest absolute Gasteiger partial charge is 1.00 e. The average Bonchev–Trinajstić information content (AvgIpc) is 1.88. The van der Waals surface area contributed by atoms with E-state index >= 15 is 0 Å². The number of rotatable bonds is 2. The zero-order valence-electron chi connectivity index (χ0n) is 10.2. The standard InChI is InChI=1S/2C3H6O3.Ca.Zn.2H/c2*1-2(4)3(5)6;;;;/h2*2,4H,1H3,(H,5,6);;;;/q;;+2;;2*-1. The maximum atomic E-state index is 9.45. The normalized spacial score (nSPS) is 11.7. The molecule has 14 heavy (non-hydrogen) atoms. The van der Waals surface area contributed by atoms with Gasteiger partial charge in [0.2, 0.25) is 0 Å². The SMILES string of the molecule is CC(O)C(=O)O.CC(O)C(=O)O.[Ca+2].[H-].[H-].[Zn]. The molecule has 4 N–H and O–H groups in total. The Labute approximate surface area is 127 Å². The van der Waals surface area contributed by atoms with Crippen LogP contribution in [0.2, 0.25) is 0 Å². The molecule has 2 atom stereocenters. The summed E-state index contributed by atoms with van der Waals surface area (Å²) in [5, 5.41) is 31.5. The number of carbonyl (C=O) groups is 2. The van der Waals surface area contributed by atoms with E-state index in [0.29, 0.717) is 0 Å². The Hall–Kier alpha value is 0.743. The third-order valence-corrected chi connectivity index (χ3v) is 0.715. The van der Waals surface area contributed by atoms with Gasteiger partial charge < -0.3 is 23.3 Å². The Balaban J connectivity index is -0.0000000250. The van der Waals surface area contributed by atoms with E-state index in [1.54, 1.807) is 0 Å². The number of hydrogen-bond acceptors (Lipinski definition) is 4. The van der Waals surface area contributed by atoms with E-state index in [2.05, 4.69) is 0 Å². The van der Waals surface area contributed by atoms with Crippen molar-refractivity contribution >= 4 is 49.7 Å². The largest absolute Gasteiger partial charge is 2.00 e. The molecule has 8 heteroatoms. The molecule has 0 spiro atoms. The van der Waals surface area contributed by atoms with Gasteiger partial charge in [-0.15, -0.1) is 0 Å². The first-order valence-electron chi connectivity index (χ1n) is 3.10. The molecule has 0 saturated heterocycles. The van der Waals surface area contributed by atoms with Gasteiger partial charge in [0.05, 0.1) is 0 Å². The first-order chi connectivity index (χ1) is 5.29. The summed E-state index contributed by atoms with van der Waals surface area (Å²) in [7, 11) is 0. The minimum Gasteiger partial charge on any atom is -1.00 e. The first kappa shape index (κ1) is 24.1. The Morgan fingerprint density at radius 2 is 1.07 bits per heavy atom. The zero-order chi connectivity index (χ0) is 10.3. The predicted molar refractivity (Wildman–Crippen MR) is 46.6 cm³/mol. The maximum absolute atomic E-state index is 9.45. The van der Waals surface area contributed by atoms with E-state index < -0.39 is 24.1 Å². The van der Waals surface area contributed by atoms with E-state index in [4.69, 9.17) is 20.4 Å². The third kappa shape index (κ3) is 23.0. The van der Waals surface area contributed by atoms with Crippen molar-refractivity contribution in [1.82, 2.24) is 0 Å². The van der Waals surface area contributed by atoms with Crippen LogP contribution in [0.4, 0.5) is 0 Å². The summed E-state index contributed by atoms with van der Waals surface area (Å²) in [6.07, 6.45) is -2.46. The van der Waals surface area contributed by atoms with Crippen LogP contribution in [0.15, 0.2) is 0 Å². The molecule has 0 rings (SSSR count). The molecule has 0 amide bonds. The summed E-state index contributed by atoms with van der Waals surface area (Å²) in [5.74, 6) is -2.37. The van der Waals surface area contributed by atoms with Crippen LogP contribution in [-0.2, 0) is 29.1 Å². The van der Waals surface area contributed by atoms with Crippen molar-refractivity contribution in [1.29, 1.82) is 0 Å². The van der Waals surface area contributed by atoms with Gasteiger partial charge in [0.25, 0.3) is 0 Å². The van der Waals surface area contributed by atoms with Crippen LogP contribution in [0.5, 0.6) is 0 Å². The summed E-state index contributed by atoms with van der Waals surface area (Å²) in [6, 6.07) is 0. The van der Waals surface area contributed by atoms with Gasteiger partial charge >= 0.3 is 49.7 Å². The molecule has 0 fully saturated rings. The van der Waals surface area contributed by atoms with E-state index in [1.807, 2.05) is 0 Å². The summed E-state index contributed by atoms with van der Waals surface area (Å²) >= 11 is 0. The van der Waals surface area contributed by atoms with Crippen molar-refractivity contribution in [3.8, 4) is 0 Å². The minimum absolute atomic E-state index is 0. The molecule has 78 valence electrons. The molecule has 0 saturated carbocycles. The molecule has 0 radical (unpaired) electrons. The topological polar surface area (TPSA) is 115 Å². The van der Waals surface area contributed by atoms with Crippen LogP contribution < -0.4 is 0 Å². The maximum Gasteiger partial charge on any atom is 2.00 e. The van der Waals surface area contributed by atoms with Gasteiger partial charge in [-0.1, -0.05) is 0 Å². The number of carboxylic acid groups (broad SMARTS) is 2. The van der Waals surface area contributed by atoms with Crippen LogP contribution in [0.3, 0.4) is 0 Å². The third-order valence-electron chi connectivity index (χ3n) is 0.715. The number of hydrogen-bond donors (Lipinski definition) is 4. The molecule has 2 unspecified atom stereocenters. The number of carboxylic acids is 2. The number of aliphatic carboxylic acids is 2. The van der Waals surface area contributed by atoms with E-state index in [-0.39, 0.29) is 60.1 Å². The fraction of sp³-hybridized carbons (Fsp3) is 0.667. The molecular formula is C6H14CaO6Zn. The van der Waals surface area contributed by atoms with E-state index in [0.717, 1.165) is 0 Å². The molecule has 0 aliphatic heterocycles. The Kier molecular flexibility index (Phi) is 23.7. The van der Waals surface area contributed by atoms with Gasteiger partial charge in [0.15, 0.2) is 0 Å².